The van der Waals surface area contributed by atoms with Gasteiger partial charge in [0.15, 0.2) is 0 Å². The number of H-pyrrole nitrogens is 1. The highest BCUT2D eigenvalue weighted by Gasteiger charge is 2.35. The number of aryl methyl sites for hydroxylation is 1. The molecule has 0 aliphatic carbocycles. The fourth-order valence-corrected chi connectivity index (χ4v) is 3.08. The average molecular weight is 319 g/mol. The van der Waals surface area contributed by atoms with Crippen LogP contribution in [0.4, 0.5) is 0 Å². The van der Waals surface area contributed by atoms with E-state index in [4.69, 9.17) is 4.74 Å². The third-order valence-corrected chi connectivity index (χ3v) is 4.35. The molecule has 1 amide bonds. The maximum atomic E-state index is 12.3. The fourth-order valence-electron chi connectivity index (χ4n) is 3.08. The van der Waals surface area contributed by atoms with Gasteiger partial charge < -0.3 is 10.1 Å². The number of carbonyl (C=O) groups is 1. The molecular formula is C19H17N3O2. The highest BCUT2D eigenvalue weighted by Crippen LogP contribution is 2.37. The van der Waals surface area contributed by atoms with Gasteiger partial charge in [0.25, 0.3) is 5.91 Å². The van der Waals surface area contributed by atoms with Crippen LogP contribution < -0.4 is 10.1 Å². The summed E-state index contributed by atoms with van der Waals surface area (Å²) in [6, 6.07) is 15.7. The van der Waals surface area contributed by atoms with Gasteiger partial charge in [0.05, 0.1) is 18.8 Å². The molecule has 5 nitrogen and oxygen atoms in total. The molecule has 1 unspecified atom stereocenters. The van der Waals surface area contributed by atoms with Gasteiger partial charge in [-0.25, -0.2) is 0 Å². The van der Waals surface area contributed by atoms with E-state index in [0.29, 0.717) is 5.69 Å². The summed E-state index contributed by atoms with van der Waals surface area (Å²) in [6.07, 6.45) is 0. The Labute approximate surface area is 139 Å². The summed E-state index contributed by atoms with van der Waals surface area (Å²) in [7, 11) is 1.63. The number of carbonyl (C=O) groups excluding carboxylic acids is 1. The van der Waals surface area contributed by atoms with E-state index in [2.05, 4.69) is 15.5 Å². The van der Waals surface area contributed by atoms with E-state index < -0.39 is 0 Å². The van der Waals surface area contributed by atoms with Crippen LogP contribution in [0.15, 0.2) is 48.5 Å². The molecule has 0 spiro atoms. The first kappa shape index (κ1) is 14.5. The number of hydrogen-bond acceptors (Lipinski definition) is 3. The number of methoxy groups -OCH3 is 1. The molecule has 0 fully saturated rings. The third-order valence-electron chi connectivity index (χ3n) is 4.35. The Morgan fingerprint density at radius 1 is 1.12 bits per heavy atom. The summed E-state index contributed by atoms with van der Waals surface area (Å²) in [5, 5.41) is 10.3. The zero-order chi connectivity index (χ0) is 16.7. The molecular weight excluding hydrogens is 302 g/mol. The van der Waals surface area contributed by atoms with E-state index in [-0.39, 0.29) is 11.9 Å². The van der Waals surface area contributed by atoms with E-state index in [9.17, 15) is 4.79 Å². The van der Waals surface area contributed by atoms with Crippen molar-refractivity contribution in [3.63, 3.8) is 0 Å². The zero-order valence-corrected chi connectivity index (χ0v) is 13.5. The van der Waals surface area contributed by atoms with Gasteiger partial charge in [-0.15, -0.1) is 0 Å². The molecule has 0 radical (unpaired) electrons. The number of hydrogen-bond donors (Lipinski definition) is 2. The standard InChI is InChI=1S/C19H17N3O2/c1-11-6-8-12(9-7-11)16-15-17(21-22-18(15)19(23)20-16)13-4-3-5-14(10-13)24-2/h3-10,16H,1-2H3,(H,20,23)(H,21,22). The largest absolute Gasteiger partial charge is 0.497 e. The van der Waals surface area contributed by atoms with Crippen molar-refractivity contribution >= 4 is 5.91 Å². The van der Waals surface area contributed by atoms with Crippen molar-refractivity contribution in [3.05, 3.63) is 70.9 Å². The highest BCUT2D eigenvalue weighted by atomic mass is 16.5. The number of nitrogens with zero attached hydrogens (tertiary/aromatic N) is 1. The highest BCUT2D eigenvalue weighted by molar-refractivity contribution is 6.00. The van der Waals surface area contributed by atoms with Crippen molar-refractivity contribution in [1.82, 2.24) is 15.5 Å². The second-order valence-corrected chi connectivity index (χ2v) is 5.91. The van der Waals surface area contributed by atoms with Crippen LogP contribution >= 0.6 is 0 Å². The lowest BCUT2D eigenvalue weighted by Crippen LogP contribution is -2.21. The Morgan fingerprint density at radius 2 is 1.92 bits per heavy atom. The first-order valence-electron chi connectivity index (χ1n) is 7.77. The van der Waals surface area contributed by atoms with Crippen LogP contribution in [-0.4, -0.2) is 23.2 Å². The fraction of sp³-hybridized carbons (Fsp3) is 0.158. The van der Waals surface area contributed by atoms with E-state index in [1.165, 1.54) is 5.56 Å². The Kier molecular flexibility index (Phi) is 3.34. The molecule has 2 aromatic carbocycles. The molecule has 120 valence electrons. The monoisotopic (exact) mass is 319 g/mol. The van der Waals surface area contributed by atoms with Crippen molar-refractivity contribution in [1.29, 1.82) is 0 Å². The maximum Gasteiger partial charge on any atom is 0.270 e. The number of rotatable bonds is 3. The van der Waals surface area contributed by atoms with Gasteiger partial charge in [0, 0.05) is 11.1 Å². The Balaban J connectivity index is 1.84. The first-order chi connectivity index (χ1) is 11.7. The lowest BCUT2D eigenvalue weighted by Gasteiger charge is -2.14. The van der Waals surface area contributed by atoms with Gasteiger partial charge in [-0.1, -0.05) is 42.0 Å². The van der Waals surface area contributed by atoms with Crippen LogP contribution in [0.2, 0.25) is 0 Å². The zero-order valence-electron chi connectivity index (χ0n) is 13.5. The number of aromatic amines is 1. The minimum Gasteiger partial charge on any atom is -0.497 e. The molecule has 0 saturated heterocycles. The van der Waals surface area contributed by atoms with Crippen molar-refractivity contribution in [2.24, 2.45) is 0 Å². The summed E-state index contributed by atoms with van der Waals surface area (Å²) in [5.41, 5.74) is 5.32. The molecule has 24 heavy (non-hydrogen) atoms. The predicted octanol–water partition coefficient (Wildman–Crippen LogP) is 3.23. The Morgan fingerprint density at radius 3 is 2.67 bits per heavy atom. The number of aromatic nitrogens is 2. The van der Waals surface area contributed by atoms with E-state index in [1.54, 1.807) is 7.11 Å². The second kappa shape index (κ2) is 5.53. The smallest absolute Gasteiger partial charge is 0.270 e. The number of fused-ring (bicyclic) bond motifs is 1. The molecule has 3 aromatic rings. The topological polar surface area (TPSA) is 67.0 Å². The van der Waals surface area contributed by atoms with Crippen LogP contribution in [-0.2, 0) is 0 Å². The molecule has 2 heterocycles. The summed E-state index contributed by atoms with van der Waals surface area (Å²) >= 11 is 0. The van der Waals surface area contributed by atoms with Gasteiger partial charge in [0.2, 0.25) is 0 Å². The van der Waals surface area contributed by atoms with Gasteiger partial charge in [-0.2, -0.15) is 5.10 Å². The molecule has 0 bridgehead atoms. The Bertz CT molecular complexity index is 913. The Hall–Kier alpha value is -3.08. The molecule has 5 heteroatoms. The predicted molar refractivity (Wildman–Crippen MR) is 91.1 cm³/mol. The van der Waals surface area contributed by atoms with Gasteiger partial charge in [-0.3, -0.25) is 9.89 Å². The van der Waals surface area contributed by atoms with Crippen molar-refractivity contribution in [3.8, 4) is 17.0 Å². The number of benzene rings is 2. The first-order valence-corrected chi connectivity index (χ1v) is 7.77. The normalized spacial score (nSPS) is 15.9. The summed E-state index contributed by atoms with van der Waals surface area (Å²) in [5.74, 6) is 0.630. The quantitative estimate of drug-likeness (QED) is 0.779. The van der Waals surface area contributed by atoms with Crippen LogP contribution in [0.1, 0.15) is 33.2 Å². The van der Waals surface area contributed by atoms with Crippen LogP contribution in [0.3, 0.4) is 0 Å². The minimum absolute atomic E-state index is 0.128. The van der Waals surface area contributed by atoms with Crippen LogP contribution in [0.25, 0.3) is 11.3 Å². The average Bonchev–Trinajstić information content (AvgIpc) is 3.17. The van der Waals surface area contributed by atoms with Crippen LogP contribution in [0, 0.1) is 6.92 Å². The van der Waals surface area contributed by atoms with E-state index in [1.807, 2.05) is 55.5 Å². The van der Waals surface area contributed by atoms with Gasteiger partial charge >= 0.3 is 0 Å². The molecule has 0 saturated carbocycles. The number of nitrogens with one attached hydrogen (secondary N) is 2. The summed E-state index contributed by atoms with van der Waals surface area (Å²) in [6.45, 7) is 2.04. The van der Waals surface area contributed by atoms with E-state index >= 15 is 0 Å². The van der Waals surface area contributed by atoms with Crippen LogP contribution in [0.5, 0.6) is 5.75 Å². The molecule has 1 atom stereocenters. The molecule has 1 aliphatic rings. The number of ether oxygens (including phenoxy) is 1. The minimum atomic E-state index is -0.201. The van der Waals surface area contributed by atoms with Gasteiger partial charge in [0.1, 0.15) is 11.4 Å². The maximum absolute atomic E-state index is 12.3. The van der Waals surface area contributed by atoms with Crippen molar-refractivity contribution in [2.75, 3.05) is 7.11 Å². The number of amides is 1. The molecule has 1 aliphatic heterocycles. The molecule has 4 rings (SSSR count). The lowest BCUT2D eigenvalue weighted by molar-refractivity contribution is 0.0955. The van der Waals surface area contributed by atoms with E-state index in [0.717, 1.165) is 28.1 Å². The molecule has 2 N–H and O–H groups in total. The second-order valence-electron chi connectivity index (χ2n) is 5.91. The molecule has 1 aromatic heterocycles. The third kappa shape index (κ3) is 2.25. The summed E-state index contributed by atoms with van der Waals surface area (Å²) < 4.78 is 5.30. The summed E-state index contributed by atoms with van der Waals surface area (Å²) in [4.78, 5) is 12.3. The van der Waals surface area contributed by atoms with Gasteiger partial charge in [-0.05, 0) is 24.6 Å². The lowest BCUT2D eigenvalue weighted by atomic mass is 9.96. The SMILES string of the molecule is COc1cccc(-c2n[nH]c3c2C(c2ccc(C)cc2)NC3=O)c1. The van der Waals surface area contributed by atoms with Crippen molar-refractivity contribution < 1.29 is 9.53 Å². The van der Waals surface area contributed by atoms with Crippen molar-refractivity contribution in [2.45, 2.75) is 13.0 Å².